The minimum absolute atomic E-state index is 0.233. The van der Waals surface area contributed by atoms with E-state index in [1.165, 1.54) is 6.33 Å². The summed E-state index contributed by atoms with van der Waals surface area (Å²) in [6.07, 6.45) is 1.35. The van der Waals surface area contributed by atoms with Crippen molar-refractivity contribution in [2.24, 2.45) is 7.05 Å². The molecule has 7 heteroatoms. The summed E-state index contributed by atoms with van der Waals surface area (Å²) in [7, 11) is 1.83. The highest BCUT2D eigenvalue weighted by atomic mass is 35.5. The molecule has 0 amide bonds. The van der Waals surface area contributed by atoms with Crippen LogP contribution in [0.4, 0.5) is 17.3 Å². The van der Waals surface area contributed by atoms with Crippen LogP contribution in [-0.2, 0) is 7.05 Å². The van der Waals surface area contributed by atoms with Gasteiger partial charge in [-0.2, -0.15) is 5.10 Å². The van der Waals surface area contributed by atoms with E-state index >= 15 is 0 Å². The Morgan fingerprint density at radius 1 is 1.44 bits per heavy atom. The number of rotatable bonds is 2. The Bertz CT molecular complexity index is 521. The first-order valence-electron chi connectivity index (χ1n) is 4.61. The highest BCUT2D eigenvalue weighted by Gasteiger charge is 2.08. The van der Waals surface area contributed by atoms with Crippen molar-refractivity contribution < 1.29 is 0 Å². The number of halogens is 1. The largest absolute Gasteiger partial charge is 0.393 e. The van der Waals surface area contributed by atoms with Crippen molar-refractivity contribution in [3.8, 4) is 0 Å². The highest BCUT2D eigenvalue weighted by molar-refractivity contribution is 6.32. The molecule has 0 radical (unpaired) electrons. The van der Waals surface area contributed by atoms with E-state index in [2.05, 4.69) is 20.4 Å². The van der Waals surface area contributed by atoms with E-state index in [4.69, 9.17) is 17.3 Å². The summed E-state index contributed by atoms with van der Waals surface area (Å²) < 4.78 is 1.70. The summed E-state index contributed by atoms with van der Waals surface area (Å²) in [5, 5.41) is 7.47. The number of anilines is 3. The minimum atomic E-state index is 0.233. The fourth-order valence-electron chi connectivity index (χ4n) is 1.32. The van der Waals surface area contributed by atoms with Gasteiger partial charge in [-0.1, -0.05) is 11.6 Å². The molecular weight excluding hydrogens is 228 g/mol. The lowest BCUT2D eigenvalue weighted by Gasteiger charge is -2.07. The van der Waals surface area contributed by atoms with E-state index in [0.717, 1.165) is 11.5 Å². The lowest BCUT2D eigenvalue weighted by atomic mass is 10.4. The van der Waals surface area contributed by atoms with Crippen LogP contribution in [0.1, 0.15) is 5.69 Å². The van der Waals surface area contributed by atoms with Crippen LogP contribution in [-0.4, -0.2) is 19.7 Å². The minimum Gasteiger partial charge on any atom is -0.393 e. The van der Waals surface area contributed by atoms with Gasteiger partial charge in [-0.25, -0.2) is 9.97 Å². The lowest BCUT2D eigenvalue weighted by Crippen LogP contribution is -2.04. The van der Waals surface area contributed by atoms with Gasteiger partial charge in [-0.05, 0) is 6.92 Å². The first-order valence-corrected chi connectivity index (χ1v) is 4.99. The van der Waals surface area contributed by atoms with E-state index in [1.807, 2.05) is 20.0 Å². The third kappa shape index (κ3) is 1.92. The van der Waals surface area contributed by atoms with Crippen LogP contribution in [0.5, 0.6) is 0 Å². The van der Waals surface area contributed by atoms with Crippen molar-refractivity contribution in [1.82, 2.24) is 19.7 Å². The van der Waals surface area contributed by atoms with Crippen molar-refractivity contribution in [1.29, 1.82) is 0 Å². The zero-order valence-electron chi connectivity index (χ0n) is 8.90. The third-order valence-corrected chi connectivity index (χ3v) is 2.38. The second-order valence-electron chi connectivity index (χ2n) is 3.35. The van der Waals surface area contributed by atoms with Gasteiger partial charge in [0.1, 0.15) is 17.8 Å². The van der Waals surface area contributed by atoms with E-state index in [0.29, 0.717) is 11.5 Å². The van der Waals surface area contributed by atoms with Crippen molar-refractivity contribution in [2.45, 2.75) is 6.92 Å². The average molecular weight is 239 g/mol. The van der Waals surface area contributed by atoms with Crippen LogP contribution in [0, 0.1) is 6.92 Å². The number of aromatic nitrogens is 4. The predicted molar refractivity (Wildman–Crippen MR) is 62.7 cm³/mol. The Kier molecular flexibility index (Phi) is 2.66. The number of hydrogen-bond acceptors (Lipinski definition) is 5. The third-order valence-electron chi connectivity index (χ3n) is 2.08. The van der Waals surface area contributed by atoms with Crippen molar-refractivity contribution >= 4 is 28.9 Å². The van der Waals surface area contributed by atoms with E-state index in [-0.39, 0.29) is 5.15 Å². The zero-order valence-corrected chi connectivity index (χ0v) is 9.65. The molecule has 0 aromatic carbocycles. The van der Waals surface area contributed by atoms with Gasteiger partial charge < -0.3 is 11.1 Å². The molecule has 16 heavy (non-hydrogen) atoms. The first-order chi connectivity index (χ1) is 7.58. The molecule has 2 aromatic heterocycles. The first kappa shape index (κ1) is 10.7. The summed E-state index contributed by atoms with van der Waals surface area (Å²) in [6, 6.07) is 1.88. The lowest BCUT2D eigenvalue weighted by molar-refractivity contribution is 0.764. The van der Waals surface area contributed by atoms with Gasteiger partial charge in [0.15, 0.2) is 11.0 Å². The molecule has 0 aliphatic rings. The number of nitrogens with two attached hydrogens (primary N) is 1. The normalized spacial score (nSPS) is 10.4. The van der Waals surface area contributed by atoms with Gasteiger partial charge in [-0.3, -0.25) is 4.68 Å². The van der Waals surface area contributed by atoms with Crippen molar-refractivity contribution in [3.05, 3.63) is 23.2 Å². The van der Waals surface area contributed by atoms with Gasteiger partial charge in [0, 0.05) is 13.1 Å². The second kappa shape index (κ2) is 3.97. The number of nitrogens with zero attached hydrogens (tertiary/aromatic N) is 4. The summed E-state index contributed by atoms with van der Waals surface area (Å²) >= 11 is 5.79. The van der Waals surface area contributed by atoms with Gasteiger partial charge in [0.2, 0.25) is 0 Å². The fraction of sp³-hybridized carbons (Fsp3) is 0.222. The SMILES string of the molecule is Cc1cc(Nc2ncnc(Cl)c2N)n(C)n1. The number of nitrogen functional groups attached to an aromatic ring is 1. The summed E-state index contributed by atoms with van der Waals surface area (Å²) in [6.45, 7) is 1.90. The molecule has 0 atom stereocenters. The maximum absolute atomic E-state index is 5.79. The molecule has 0 spiro atoms. The number of nitrogens with one attached hydrogen (secondary N) is 1. The molecule has 6 nitrogen and oxygen atoms in total. The Morgan fingerprint density at radius 3 is 2.81 bits per heavy atom. The summed E-state index contributed by atoms with van der Waals surface area (Å²) in [5.41, 5.74) is 6.97. The molecular formula is C9H11ClN6. The molecule has 0 aliphatic carbocycles. The van der Waals surface area contributed by atoms with Crippen LogP contribution in [0.3, 0.4) is 0 Å². The molecule has 0 aliphatic heterocycles. The van der Waals surface area contributed by atoms with Crippen LogP contribution >= 0.6 is 11.6 Å². The average Bonchev–Trinajstić information content (AvgIpc) is 2.53. The molecule has 84 valence electrons. The topological polar surface area (TPSA) is 81.6 Å². The standard InChI is InChI=1S/C9H11ClN6/c1-5-3-6(16(2)15-5)14-9-7(11)8(10)12-4-13-9/h3-4H,11H2,1-2H3,(H,12,13,14). The quantitative estimate of drug-likeness (QED) is 0.775. The monoisotopic (exact) mass is 238 g/mol. The molecule has 0 unspecified atom stereocenters. The van der Waals surface area contributed by atoms with Crippen LogP contribution < -0.4 is 11.1 Å². The highest BCUT2D eigenvalue weighted by Crippen LogP contribution is 2.25. The fourth-order valence-corrected chi connectivity index (χ4v) is 1.46. The predicted octanol–water partition coefficient (Wildman–Crippen LogP) is 1.50. The number of hydrogen-bond donors (Lipinski definition) is 2. The van der Waals surface area contributed by atoms with Gasteiger partial charge in [0.05, 0.1) is 5.69 Å². The van der Waals surface area contributed by atoms with Gasteiger partial charge in [-0.15, -0.1) is 0 Å². The second-order valence-corrected chi connectivity index (χ2v) is 3.70. The molecule has 0 bridgehead atoms. The van der Waals surface area contributed by atoms with Gasteiger partial charge >= 0.3 is 0 Å². The van der Waals surface area contributed by atoms with E-state index in [9.17, 15) is 0 Å². The molecule has 2 aromatic rings. The smallest absolute Gasteiger partial charge is 0.159 e. The molecule has 2 heterocycles. The summed E-state index contributed by atoms with van der Waals surface area (Å²) in [4.78, 5) is 7.79. The maximum atomic E-state index is 5.79. The van der Waals surface area contributed by atoms with E-state index < -0.39 is 0 Å². The Balaban J connectivity index is 2.34. The molecule has 0 fully saturated rings. The molecule has 0 saturated carbocycles. The van der Waals surface area contributed by atoms with Gasteiger partial charge in [0.25, 0.3) is 0 Å². The Hall–Kier alpha value is -1.82. The van der Waals surface area contributed by atoms with Crippen LogP contribution in [0.2, 0.25) is 5.15 Å². The Morgan fingerprint density at radius 2 is 2.19 bits per heavy atom. The van der Waals surface area contributed by atoms with Crippen molar-refractivity contribution in [3.63, 3.8) is 0 Å². The zero-order chi connectivity index (χ0) is 11.7. The maximum Gasteiger partial charge on any atom is 0.159 e. The molecule has 3 N–H and O–H groups in total. The van der Waals surface area contributed by atoms with Crippen LogP contribution in [0.25, 0.3) is 0 Å². The molecule has 2 rings (SSSR count). The number of aryl methyl sites for hydroxylation is 2. The Labute approximate surface area is 97.5 Å². The molecule has 0 saturated heterocycles. The summed E-state index contributed by atoms with van der Waals surface area (Å²) in [5.74, 6) is 1.27. The van der Waals surface area contributed by atoms with Crippen molar-refractivity contribution in [2.75, 3.05) is 11.1 Å². The van der Waals surface area contributed by atoms with E-state index in [1.54, 1.807) is 4.68 Å². The van der Waals surface area contributed by atoms with Crippen LogP contribution in [0.15, 0.2) is 12.4 Å².